The summed E-state index contributed by atoms with van der Waals surface area (Å²) in [6.45, 7) is 1.86. The van der Waals surface area contributed by atoms with E-state index in [2.05, 4.69) is 15.9 Å². The molecule has 0 saturated carbocycles. The Hall–Kier alpha value is -1.06. The van der Waals surface area contributed by atoms with E-state index in [9.17, 15) is 4.79 Å². The fourth-order valence-electron chi connectivity index (χ4n) is 1.40. The molecule has 1 aromatic carbocycles. The summed E-state index contributed by atoms with van der Waals surface area (Å²) < 4.78 is 5.75. The number of aryl methyl sites for hydroxylation is 1. The number of halogens is 2. The van der Waals surface area contributed by atoms with Gasteiger partial charge < -0.3 is 4.42 Å². The molecule has 0 unspecified atom stereocenters. The molecule has 2 aromatic rings. The highest BCUT2D eigenvalue weighted by Crippen LogP contribution is 2.26. The summed E-state index contributed by atoms with van der Waals surface area (Å²) in [5, 5.41) is 0.468. The molecule has 0 saturated heterocycles. The van der Waals surface area contributed by atoms with Gasteiger partial charge in [-0.25, -0.2) is 0 Å². The molecular formula is C12H8BrClO2. The number of ketones is 1. The lowest BCUT2D eigenvalue weighted by Crippen LogP contribution is -2.02. The number of carbonyl (C=O) groups is 1. The summed E-state index contributed by atoms with van der Waals surface area (Å²) in [5.41, 5.74) is 1.33. The zero-order valence-electron chi connectivity index (χ0n) is 8.46. The summed E-state index contributed by atoms with van der Waals surface area (Å²) in [7, 11) is 0. The average molecular weight is 300 g/mol. The Kier molecular flexibility index (Phi) is 3.17. The molecular weight excluding hydrogens is 291 g/mol. The lowest BCUT2D eigenvalue weighted by atomic mass is 10.1. The molecule has 1 aromatic heterocycles. The lowest BCUT2D eigenvalue weighted by Gasteiger charge is -2.04. The van der Waals surface area contributed by atoms with E-state index in [4.69, 9.17) is 16.0 Å². The topological polar surface area (TPSA) is 30.2 Å². The maximum atomic E-state index is 12.1. The third kappa shape index (κ3) is 1.93. The molecule has 0 N–H and O–H groups in total. The number of rotatable bonds is 2. The smallest absolute Gasteiger partial charge is 0.230 e. The molecule has 0 amide bonds. The van der Waals surface area contributed by atoms with Crippen LogP contribution in [0.2, 0.25) is 5.02 Å². The Morgan fingerprint density at radius 3 is 2.75 bits per heavy atom. The third-order valence-electron chi connectivity index (χ3n) is 2.26. The van der Waals surface area contributed by atoms with Crippen LogP contribution < -0.4 is 0 Å². The van der Waals surface area contributed by atoms with Gasteiger partial charge >= 0.3 is 0 Å². The van der Waals surface area contributed by atoms with Crippen molar-refractivity contribution in [1.82, 2.24) is 0 Å². The van der Waals surface area contributed by atoms with Crippen LogP contribution in [-0.4, -0.2) is 5.78 Å². The number of furan rings is 1. The van der Waals surface area contributed by atoms with Crippen molar-refractivity contribution >= 4 is 33.3 Å². The van der Waals surface area contributed by atoms with Crippen LogP contribution in [0.5, 0.6) is 0 Å². The zero-order chi connectivity index (χ0) is 11.7. The van der Waals surface area contributed by atoms with Gasteiger partial charge in [-0.1, -0.05) is 23.7 Å². The summed E-state index contributed by atoms with van der Waals surface area (Å²) in [6, 6.07) is 7.02. The Morgan fingerprint density at radius 2 is 2.12 bits per heavy atom. The van der Waals surface area contributed by atoms with Crippen molar-refractivity contribution in [2.45, 2.75) is 6.92 Å². The highest BCUT2D eigenvalue weighted by Gasteiger charge is 2.19. The van der Waals surface area contributed by atoms with Gasteiger partial charge in [0.2, 0.25) is 5.78 Å². The fourth-order valence-corrected chi connectivity index (χ4v) is 1.99. The van der Waals surface area contributed by atoms with Crippen LogP contribution in [0, 0.1) is 6.92 Å². The Bertz CT molecular complexity index is 546. The molecule has 0 aliphatic heterocycles. The second-order valence-electron chi connectivity index (χ2n) is 3.36. The summed E-state index contributed by atoms with van der Waals surface area (Å²) in [5.74, 6) is 0.0538. The van der Waals surface area contributed by atoms with Gasteiger partial charge in [0.05, 0.1) is 15.8 Å². The number of hydrogen-bond acceptors (Lipinski definition) is 2. The van der Waals surface area contributed by atoms with Gasteiger partial charge in [-0.2, -0.15) is 0 Å². The van der Waals surface area contributed by atoms with E-state index < -0.39 is 0 Å². The van der Waals surface area contributed by atoms with Crippen molar-refractivity contribution in [2.75, 3.05) is 0 Å². The molecule has 2 nitrogen and oxygen atoms in total. The minimum absolute atomic E-state index is 0.217. The van der Waals surface area contributed by atoms with Gasteiger partial charge in [-0.05, 0) is 40.5 Å². The van der Waals surface area contributed by atoms with Crippen LogP contribution in [-0.2, 0) is 0 Å². The van der Waals surface area contributed by atoms with Crippen LogP contribution in [0.4, 0.5) is 0 Å². The van der Waals surface area contributed by atoms with Crippen LogP contribution in [0.15, 0.2) is 39.4 Å². The second-order valence-corrected chi connectivity index (χ2v) is 4.60. The van der Waals surface area contributed by atoms with Crippen molar-refractivity contribution in [3.8, 4) is 0 Å². The van der Waals surface area contributed by atoms with Gasteiger partial charge in [-0.15, -0.1) is 0 Å². The standard InChI is InChI=1S/C12H8BrClO2/c1-7-3-2-4-8(10(7)14)11(15)12-9(13)5-6-16-12/h2-6H,1H3. The molecule has 2 rings (SSSR count). The predicted molar refractivity (Wildman–Crippen MR) is 66.0 cm³/mol. The van der Waals surface area contributed by atoms with E-state index in [0.717, 1.165) is 5.56 Å². The quantitative estimate of drug-likeness (QED) is 0.777. The van der Waals surface area contributed by atoms with E-state index in [-0.39, 0.29) is 11.5 Å². The van der Waals surface area contributed by atoms with Gasteiger partial charge in [0.25, 0.3) is 0 Å². The van der Waals surface area contributed by atoms with E-state index >= 15 is 0 Å². The Balaban J connectivity index is 2.50. The molecule has 0 radical (unpaired) electrons. The van der Waals surface area contributed by atoms with E-state index in [1.807, 2.05) is 13.0 Å². The largest absolute Gasteiger partial charge is 0.460 e. The zero-order valence-corrected chi connectivity index (χ0v) is 10.8. The van der Waals surface area contributed by atoms with Gasteiger partial charge in [0.15, 0.2) is 5.76 Å². The van der Waals surface area contributed by atoms with Crippen LogP contribution in [0.25, 0.3) is 0 Å². The normalized spacial score (nSPS) is 10.4. The third-order valence-corrected chi connectivity index (χ3v) is 3.39. The van der Waals surface area contributed by atoms with Crippen LogP contribution >= 0.6 is 27.5 Å². The predicted octanol–water partition coefficient (Wildman–Crippen LogP) is 4.23. The molecule has 0 aliphatic carbocycles. The van der Waals surface area contributed by atoms with Crippen molar-refractivity contribution < 1.29 is 9.21 Å². The molecule has 0 aliphatic rings. The minimum Gasteiger partial charge on any atom is -0.460 e. The van der Waals surface area contributed by atoms with Gasteiger partial charge in [0.1, 0.15) is 0 Å². The molecule has 0 atom stereocenters. The SMILES string of the molecule is Cc1cccc(C(=O)c2occc2Br)c1Cl. The van der Waals surface area contributed by atoms with Crippen LogP contribution in [0.1, 0.15) is 21.7 Å². The molecule has 0 spiro atoms. The number of carbonyl (C=O) groups excluding carboxylic acids is 1. The number of hydrogen-bond donors (Lipinski definition) is 0. The fraction of sp³-hybridized carbons (Fsp3) is 0.0833. The monoisotopic (exact) mass is 298 g/mol. The maximum Gasteiger partial charge on any atom is 0.230 e. The summed E-state index contributed by atoms with van der Waals surface area (Å²) in [4.78, 5) is 12.1. The minimum atomic E-state index is -0.217. The molecule has 16 heavy (non-hydrogen) atoms. The molecule has 0 bridgehead atoms. The molecule has 1 heterocycles. The summed E-state index contributed by atoms with van der Waals surface area (Å²) in [6.07, 6.45) is 1.46. The van der Waals surface area contributed by atoms with E-state index in [1.54, 1.807) is 18.2 Å². The Labute approximate surface area is 106 Å². The lowest BCUT2D eigenvalue weighted by molar-refractivity contribution is 0.101. The molecule has 0 fully saturated rings. The average Bonchev–Trinajstić information content (AvgIpc) is 2.68. The molecule has 4 heteroatoms. The van der Waals surface area contributed by atoms with E-state index in [1.165, 1.54) is 6.26 Å². The van der Waals surface area contributed by atoms with Crippen molar-refractivity contribution in [2.24, 2.45) is 0 Å². The van der Waals surface area contributed by atoms with Gasteiger partial charge in [0, 0.05) is 5.56 Å². The van der Waals surface area contributed by atoms with Crippen molar-refractivity contribution in [3.63, 3.8) is 0 Å². The highest BCUT2D eigenvalue weighted by atomic mass is 79.9. The molecule has 82 valence electrons. The van der Waals surface area contributed by atoms with Crippen LogP contribution in [0.3, 0.4) is 0 Å². The van der Waals surface area contributed by atoms with Gasteiger partial charge in [-0.3, -0.25) is 4.79 Å². The van der Waals surface area contributed by atoms with Crippen molar-refractivity contribution in [3.05, 3.63) is 56.9 Å². The first-order chi connectivity index (χ1) is 7.61. The first kappa shape index (κ1) is 11.4. The van der Waals surface area contributed by atoms with Crippen molar-refractivity contribution in [1.29, 1.82) is 0 Å². The second kappa shape index (κ2) is 4.44. The number of benzene rings is 1. The maximum absolute atomic E-state index is 12.1. The summed E-state index contributed by atoms with van der Waals surface area (Å²) >= 11 is 9.33. The first-order valence-corrected chi connectivity index (χ1v) is 5.81. The highest BCUT2D eigenvalue weighted by molar-refractivity contribution is 9.10. The van der Waals surface area contributed by atoms with E-state index in [0.29, 0.717) is 15.1 Å². The Morgan fingerprint density at radius 1 is 1.38 bits per heavy atom. The first-order valence-electron chi connectivity index (χ1n) is 4.64.